The first-order valence-electron chi connectivity index (χ1n) is 6.23. The third-order valence-electron chi connectivity index (χ3n) is 2.86. The first-order chi connectivity index (χ1) is 10.1. The predicted molar refractivity (Wildman–Crippen MR) is 80.5 cm³/mol. The van der Waals surface area contributed by atoms with Gasteiger partial charge in [0.1, 0.15) is 11.7 Å². The van der Waals surface area contributed by atoms with Gasteiger partial charge in [0.05, 0.1) is 23.5 Å². The third kappa shape index (κ3) is 3.71. The molecule has 0 aliphatic rings. The largest absolute Gasteiger partial charge is 0.397 e. The number of halogens is 1. The standard InChI is InChI=1S/C15H13ClN4O/c16-14-13(8-12(18)9-19-14)15(21)20(7-6-17)10-11-4-2-1-3-5-11/h1-5,8-9H,7,10,18H2. The molecule has 0 fully saturated rings. The fourth-order valence-corrected chi connectivity index (χ4v) is 2.06. The Bertz CT molecular complexity index is 682. The molecule has 2 rings (SSSR count). The Hall–Kier alpha value is -2.58. The van der Waals surface area contributed by atoms with Gasteiger partial charge < -0.3 is 10.6 Å². The molecule has 1 heterocycles. The van der Waals surface area contributed by atoms with Crippen molar-refractivity contribution in [1.82, 2.24) is 9.88 Å². The topological polar surface area (TPSA) is 83.0 Å². The zero-order valence-corrected chi connectivity index (χ0v) is 11.9. The number of aromatic nitrogens is 1. The number of nitrogens with zero attached hydrogens (tertiary/aromatic N) is 3. The van der Waals surface area contributed by atoms with E-state index in [1.165, 1.54) is 17.2 Å². The van der Waals surface area contributed by atoms with Crippen LogP contribution in [0.2, 0.25) is 5.15 Å². The summed E-state index contributed by atoms with van der Waals surface area (Å²) in [7, 11) is 0. The number of hydrogen-bond donors (Lipinski definition) is 1. The summed E-state index contributed by atoms with van der Waals surface area (Å²) in [5.41, 5.74) is 7.10. The molecule has 0 spiro atoms. The monoisotopic (exact) mass is 300 g/mol. The summed E-state index contributed by atoms with van der Waals surface area (Å²) in [6, 6.07) is 12.9. The number of hydrogen-bond acceptors (Lipinski definition) is 4. The van der Waals surface area contributed by atoms with Crippen LogP contribution in [0.5, 0.6) is 0 Å². The molecule has 106 valence electrons. The minimum absolute atomic E-state index is 0.0428. The Morgan fingerprint density at radius 2 is 2.10 bits per heavy atom. The van der Waals surface area contributed by atoms with Gasteiger partial charge in [-0.1, -0.05) is 41.9 Å². The first-order valence-corrected chi connectivity index (χ1v) is 6.61. The van der Waals surface area contributed by atoms with E-state index in [4.69, 9.17) is 22.6 Å². The van der Waals surface area contributed by atoms with E-state index in [1.54, 1.807) is 0 Å². The molecule has 0 saturated heterocycles. The minimum atomic E-state index is -0.370. The summed E-state index contributed by atoms with van der Waals surface area (Å²) in [4.78, 5) is 17.8. The highest BCUT2D eigenvalue weighted by molar-refractivity contribution is 6.32. The predicted octanol–water partition coefficient (Wildman–Crippen LogP) is 2.48. The quantitative estimate of drug-likeness (QED) is 0.694. The summed E-state index contributed by atoms with van der Waals surface area (Å²) < 4.78 is 0. The van der Waals surface area contributed by atoms with Crippen molar-refractivity contribution in [3.63, 3.8) is 0 Å². The number of nitriles is 1. The van der Waals surface area contributed by atoms with Crippen molar-refractivity contribution >= 4 is 23.2 Å². The van der Waals surface area contributed by atoms with Crippen molar-refractivity contribution in [3.05, 3.63) is 58.9 Å². The van der Waals surface area contributed by atoms with Gasteiger partial charge in [-0.15, -0.1) is 0 Å². The first kappa shape index (κ1) is 14.8. The summed E-state index contributed by atoms with van der Waals surface area (Å²) >= 11 is 5.94. The van der Waals surface area contributed by atoms with Crippen molar-refractivity contribution in [2.45, 2.75) is 6.54 Å². The normalized spacial score (nSPS) is 9.90. The van der Waals surface area contributed by atoms with E-state index in [0.717, 1.165) is 5.56 Å². The van der Waals surface area contributed by atoms with E-state index < -0.39 is 0 Å². The van der Waals surface area contributed by atoms with E-state index in [-0.39, 0.29) is 23.2 Å². The van der Waals surface area contributed by atoms with E-state index >= 15 is 0 Å². The van der Waals surface area contributed by atoms with Crippen LogP contribution in [0.25, 0.3) is 0 Å². The molecule has 0 aliphatic heterocycles. The molecular weight excluding hydrogens is 288 g/mol. The molecule has 6 heteroatoms. The van der Waals surface area contributed by atoms with Crippen LogP contribution in [-0.4, -0.2) is 22.3 Å². The van der Waals surface area contributed by atoms with Crippen LogP contribution in [-0.2, 0) is 6.54 Å². The molecule has 21 heavy (non-hydrogen) atoms. The summed E-state index contributed by atoms with van der Waals surface area (Å²) in [6.07, 6.45) is 1.38. The average molecular weight is 301 g/mol. The van der Waals surface area contributed by atoms with Crippen LogP contribution in [0, 0.1) is 11.3 Å². The fourth-order valence-electron chi connectivity index (χ4n) is 1.87. The van der Waals surface area contributed by atoms with Crippen LogP contribution in [0.3, 0.4) is 0 Å². The number of nitrogen functional groups attached to an aromatic ring is 1. The van der Waals surface area contributed by atoms with Gasteiger partial charge in [0.2, 0.25) is 0 Å². The molecular formula is C15H13ClN4O. The molecule has 1 aromatic carbocycles. The number of amides is 1. The van der Waals surface area contributed by atoms with Crippen LogP contribution in [0.1, 0.15) is 15.9 Å². The lowest BCUT2D eigenvalue weighted by Gasteiger charge is -2.20. The van der Waals surface area contributed by atoms with Crippen LogP contribution in [0.4, 0.5) is 5.69 Å². The lowest BCUT2D eigenvalue weighted by atomic mass is 10.2. The van der Waals surface area contributed by atoms with Gasteiger partial charge in [0.15, 0.2) is 0 Å². The van der Waals surface area contributed by atoms with Crippen LogP contribution in [0.15, 0.2) is 42.6 Å². The van der Waals surface area contributed by atoms with Gasteiger partial charge in [-0.05, 0) is 11.6 Å². The molecule has 5 nitrogen and oxygen atoms in total. The van der Waals surface area contributed by atoms with Gasteiger partial charge in [-0.25, -0.2) is 4.98 Å². The molecule has 2 N–H and O–H groups in total. The van der Waals surface area contributed by atoms with Crippen molar-refractivity contribution in [2.24, 2.45) is 0 Å². The van der Waals surface area contributed by atoms with Crippen molar-refractivity contribution in [1.29, 1.82) is 5.26 Å². The van der Waals surface area contributed by atoms with Gasteiger partial charge in [-0.2, -0.15) is 5.26 Å². The van der Waals surface area contributed by atoms with Gasteiger partial charge in [0, 0.05) is 6.54 Å². The molecule has 0 aliphatic carbocycles. The SMILES string of the molecule is N#CCN(Cc1ccccc1)C(=O)c1cc(N)cnc1Cl. The molecule has 0 saturated carbocycles. The number of carbonyl (C=O) groups excluding carboxylic acids is 1. The summed E-state index contributed by atoms with van der Waals surface area (Å²) in [5, 5.41) is 8.99. The highest BCUT2D eigenvalue weighted by Gasteiger charge is 2.19. The van der Waals surface area contributed by atoms with Crippen LogP contribution >= 0.6 is 11.6 Å². The zero-order chi connectivity index (χ0) is 15.2. The maximum atomic E-state index is 12.5. The number of rotatable bonds is 4. The second-order valence-electron chi connectivity index (χ2n) is 4.41. The van der Waals surface area contributed by atoms with Crippen molar-refractivity contribution in [2.75, 3.05) is 12.3 Å². The highest BCUT2D eigenvalue weighted by atomic mass is 35.5. The fraction of sp³-hybridized carbons (Fsp3) is 0.133. The Morgan fingerprint density at radius 1 is 1.38 bits per heavy atom. The number of pyridine rings is 1. The molecule has 0 unspecified atom stereocenters. The van der Waals surface area contributed by atoms with Crippen molar-refractivity contribution < 1.29 is 4.79 Å². The van der Waals surface area contributed by atoms with Crippen LogP contribution < -0.4 is 5.73 Å². The molecule has 0 radical (unpaired) electrons. The lowest BCUT2D eigenvalue weighted by Crippen LogP contribution is -2.31. The second-order valence-corrected chi connectivity index (χ2v) is 4.77. The van der Waals surface area contributed by atoms with E-state index in [2.05, 4.69) is 4.98 Å². The number of carbonyl (C=O) groups is 1. The van der Waals surface area contributed by atoms with Gasteiger partial charge in [-0.3, -0.25) is 4.79 Å². The lowest BCUT2D eigenvalue weighted by molar-refractivity contribution is 0.0765. The average Bonchev–Trinajstić information content (AvgIpc) is 2.49. The number of benzene rings is 1. The van der Waals surface area contributed by atoms with Gasteiger partial charge >= 0.3 is 0 Å². The van der Waals surface area contributed by atoms with Gasteiger partial charge in [0.25, 0.3) is 5.91 Å². The summed E-state index contributed by atoms with van der Waals surface area (Å²) in [5.74, 6) is -0.370. The molecule has 2 aromatic rings. The Balaban J connectivity index is 2.27. The molecule has 0 atom stereocenters. The number of anilines is 1. The maximum Gasteiger partial charge on any atom is 0.258 e. The van der Waals surface area contributed by atoms with Crippen molar-refractivity contribution in [3.8, 4) is 6.07 Å². The Morgan fingerprint density at radius 3 is 2.76 bits per heavy atom. The Kier molecular flexibility index (Phi) is 4.75. The van der Waals surface area contributed by atoms with E-state index in [0.29, 0.717) is 12.2 Å². The smallest absolute Gasteiger partial charge is 0.258 e. The molecule has 0 bridgehead atoms. The molecule has 1 amide bonds. The molecule has 1 aromatic heterocycles. The highest BCUT2D eigenvalue weighted by Crippen LogP contribution is 2.19. The van der Waals surface area contributed by atoms with E-state index in [1.807, 2.05) is 36.4 Å². The zero-order valence-electron chi connectivity index (χ0n) is 11.2. The second kappa shape index (κ2) is 6.73. The van der Waals surface area contributed by atoms with E-state index in [9.17, 15) is 4.79 Å². The minimum Gasteiger partial charge on any atom is -0.397 e. The summed E-state index contributed by atoms with van der Waals surface area (Å²) in [6.45, 7) is 0.275. The number of nitrogens with two attached hydrogens (primary N) is 1. The Labute approximate surface area is 127 Å². The maximum absolute atomic E-state index is 12.5. The third-order valence-corrected chi connectivity index (χ3v) is 3.16.